The van der Waals surface area contributed by atoms with Gasteiger partial charge in [0.15, 0.2) is 0 Å². The maximum atomic E-state index is 12.5. The molecule has 2 aromatic rings. The molecule has 1 N–H and O–H groups in total. The fraction of sp³-hybridized carbons (Fsp3) is 0.300. The van der Waals surface area contributed by atoms with Crippen molar-refractivity contribution in [2.24, 2.45) is 0 Å². The van der Waals surface area contributed by atoms with Crippen LogP contribution in [0.1, 0.15) is 27.0 Å². The number of carbonyl (C=O) groups excluding carboxylic acids is 1. The molecule has 0 atom stereocenters. The molecule has 0 spiro atoms. The number of rotatable bonds is 5. The zero-order chi connectivity index (χ0) is 17.8. The first kappa shape index (κ1) is 17.2. The highest BCUT2D eigenvalue weighted by Crippen LogP contribution is 2.15. The van der Waals surface area contributed by atoms with E-state index in [9.17, 15) is 14.7 Å². The number of hydrogen-bond donors (Lipinski definition) is 1. The molecule has 1 amide bonds. The summed E-state index contributed by atoms with van der Waals surface area (Å²) in [6.45, 7) is 4.86. The lowest BCUT2D eigenvalue weighted by atomic mass is 10.1. The van der Waals surface area contributed by atoms with Crippen molar-refractivity contribution in [3.8, 4) is 0 Å². The molecule has 0 aromatic heterocycles. The summed E-state index contributed by atoms with van der Waals surface area (Å²) in [5.74, 6) is -0.848. The van der Waals surface area contributed by atoms with Gasteiger partial charge in [-0.25, -0.2) is 4.79 Å². The van der Waals surface area contributed by atoms with Crippen molar-refractivity contribution in [2.45, 2.75) is 20.0 Å². The minimum atomic E-state index is -0.931. The van der Waals surface area contributed by atoms with Gasteiger partial charge in [-0.2, -0.15) is 0 Å². The Labute approximate surface area is 147 Å². The Hall–Kier alpha value is -2.66. The predicted molar refractivity (Wildman–Crippen MR) is 95.3 cm³/mol. The minimum Gasteiger partial charge on any atom is -0.478 e. The van der Waals surface area contributed by atoms with E-state index in [4.69, 9.17) is 0 Å². The van der Waals surface area contributed by atoms with E-state index in [1.807, 2.05) is 28.9 Å². The van der Waals surface area contributed by atoms with Crippen LogP contribution in [0.25, 0.3) is 0 Å². The van der Waals surface area contributed by atoms with Crippen molar-refractivity contribution >= 4 is 11.9 Å². The van der Waals surface area contributed by atoms with Gasteiger partial charge in [0.05, 0.1) is 12.1 Å². The van der Waals surface area contributed by atoms with Crippen LogP contribution in [0.4, 0.5) is 0 Å². The second-order valence-electron chi connectivity index (χ2n) is 6.47. The van der Waals surface area contributed by atoms with Crippen LogP contribution in [-0.2, 0) is 17.9 Å². The number of hydrogen-bond acceptors (Lipinski definition) is 3. The number of carbonyl (C=O) groups is 2. The third-order valence-electron chi connectivity index (χ3n) is 4.53. The third-order valence-corrected chi connectivity index (χ3v) is 4.53. The van der Waals surface area contributed by atoms with Crippen LogP contribution in [-0.4, -0.2) is 46.4 Å². The highest BCUT2D eigenvalue weighted by Gasteiger charge is 2.24. The first-order valence-corrected chi connectivity index (χ1v) is 8.40. The molecule has 0 saturated carbocycles. The molecule has 2 aromatic carbocycles. The monoisotopic (exact) mass is 338 g/mol. The molecule has 0 radical (unpaired) electrons. The van der Waals surface area contributed by atoms with Crippen LogP contribution < -0.4 is 0 Å². The van der Waals surface area contributed by atoms with E-state index in [1.165, 1.54) is 5.56 Å². The van der Waals surface area contributed by atoms with Crippen molar-refractivity contribution in [2.75, 3.05) is 19.6 Å². The number of aromatic carboxylic acids is 1. The van der Waals surface area contributed by atoms with Crippen LogP contribution in [0.5, 0.6) is 0 Å². The van der Waals surface area contributed by atoms with Crippen LogP contribution >= 0.6 is 0 Å². The van der Waals surface area contributed by atoms with Crippen LogP contribution in [0.2, 0.25) is 0 Å². The van der Waals surface area contributed by atoms with Crippen molar-refractivity contribution < 1.29 is 14.7 Å². The lowest BCUT2D eigenvalue weighted by molar-refractivity contribution is -0.136. The Kier molecular flexibility index (Phi) is 5.14. The quantitative estimate of drug-likeness (QED) is 0.910. The molecule has 1 heterocycles. The number of amides is 1. The summed E-state index contributed by atoms with van der Waals surface area (Å²) < 4.78 is 0. The summed E-state index contributed by atoms with van der Waals surface area (Å²) in [4.78, 5) is 27.6. The summed E-state index contributed by atoms with van der Waals surface area (Å²) in [5, 5.41) is 9.28. The van der Waals surface area contributed by atoms with E-state index in [-0.39, 0.29) is 5.91 Å². The minimum absolute atomic E-state index is 0.0830. The molecule has 1 fully saturated rings. The van der Waals surface area contributed by atoms with Gasteiger partial charge in [0.1, 0.15) is 0 Å². The highest BCUT2D eigenvalue weighted by atomic mass is 16.4. The van der Waals surface area contributed by atoms with Gasteiger partial charge in [0.25, 0.3) is 0 Å². The number of nitrogens with zero attached hydrogens (tertiary/aromatic N) is 2. The Morgan fingerprint density at radius 2 is 1.76 bits per heavy atom. The molecular formula is C20H22N2O3. The average Bonchev–Trinajstić information content (AvgIpc) is 2.59. The second-order valence-corrected chi connectivity index (χ2v) is 6.47. The topological polar surface area (TPSA) is 60.9 Å². The van der Waals surface area contributed by atoms with Crippen LogP contribution in [0.15, 0.2) is 48.5 Å². The largest absolute Gasteiger partial charge is 0.478 e. The molecule has 1 saturated heterocycles. The van der Waals surface area contributed by atoms with Crippen LogP contribution in [0, 0.1) is 6.92 Å². The molecule has 0 aliphatic carbocycles. The Morgan fingerprint density at radius 3 is 2.44 bits per heavy atom. The molecular weight excluding hydrogens is 316 g/mol. The van der Waals surface area contributed by atoms with Gasteiger partial charge in [-0.3, -0.25) is 9.69 Å². The number of aryl methyl sites for hydroxylation is 1. The van der Waals surface area contributed by atoms with Crippen molar-refractivity contribution in [1.29, 1.82) is 0 Å². The molecule has 1 aliphatic rings. The second kappa shape index (κ2) is 7.49. The van der Waals surface area contributed by atoms with Gasteiger partial charge in [-0.15, -0.1) is 0 Å². The smallest absolute Gasteiger partial charge is 0.336 e. The van der Waals surface area contributed by atoms with Gasteiger partial charge in [-0.1, -0.05) is 48.0 Å². The van der Waals surface area contributed by atoms with E-state index in [1.54, 1.807) is 12.1 Å². The van der Waals surface area contributed by atoms with Crippen molar-refractivity contribution in [3.05, 3.63) is 70.8 Å². The Morgan fingerprint density at radius 1 is 1.04 bits per heavy atom. The molecule has 0 unspecified atom stereocenters. The van der Waals surface area contributed by atoms with Gasteiger partial charge >= 0.3 is 5.97 Å². The number of carboxylic acids is 1. The highest BCUT2D eigenvalue weighted by molar-refractivity contribution is 5.89. The molecule has 25 heavy (non-hydrogen) atoms. The van der Waals surface area contributed by atoms with Gasteiger partial charge in [0, 0.05) is 26.2 Å². The summed E-state index contributed by atoms with van der Waals surface area (Å²) in [5.41, 5.74) is 3.38. The SMILES string of the molecule is Cc1ccc(CN2CCN(Cc3ccccc3C(=O)O)CC2=O)cc1. The lowest BCUT2D eigenvalue weighted by Gasteiger charge is -2.34. The van der Waals surface area contributed by atoms with E-state index < -0.39 is 5.97 Å². The van der Waals surface area contributed by atoms with E-state index in [2.05, 4.69) is 24.3 Å². The molecule has 5 heteroatoms. The number of benzene rings is 2. The van der Waals surface area contributed by atoms with E-state index >= 15 is 0 Å². The maximum absolute atomic E-state index is 12.5. The predicted octanol–water partition coefficient (Wildman–Crippen LogP) is 2.54. The van der Waals surface area contributed by atoms with E-state index in [0.717, 1.165) is 17.7 Å². The summed E-state index contributed by atoms with van der Waals surface area (Å²) in [7, 11) is 0. The molecule has 3 rings (SSSR count). The Bertz CT molecular complexity index is 771. The fourth-order valence-corrected chi connectivity index (χ4v) is 3.08. The first-order valence-electron chi connectivity index (χ1n) is 8.40. The van der Waals surface area contributed by atoms with E-state index in [0.29, 0.717) is 31.7 Å². The molecule has 1 aliphatic heterocycles. The maximum Gasteiger partial charge on any atom is 0.336 e. The molecule has 0 bridgehead atoms. The number of piperazine rings is 1. The third kappa shape index (κ3) is 4.25. The summed E-state index contributed by atoms with van der Waals surface area (Å²) >= 11 is 0. The summed E-state index contributed by atoms with van der Waals surface area (Å²) in [6.07, 6.45) is 0. The Balaban J connectivity index is 1.61. The van der Waals surface area contributed by atoms with Crippen molar-refractivity contribution in [3.63, 3.8) is 0 Å². The fourth-order valence-electron chi connectivity index (χ4n) is 3.08. The zero-order valence-corrected chi connectivity index (χ0v) is 14.3. The van der Waals surface area contributed by atoms with Crippen LogP contribution in [0.3, 0.4) is 0 Å². The standard InChI is InChI=1S/C20H22N2O3/c1-15-6-8-16(9-7-15)12-22-11-10-21(14-19(22)23)13-17-4-2-3-5-18(17)20(24)25/h2-9H,10-14H2,1H3,(H,24,25). The normalized spacial score (nSPS) is 15.4. The zero-order valence-electron chi connectivity index (χ0n) is 14.3. The number of carboxylic acid groups (broad SMARTS) is 1. The van der Waals surface area contributed by atoms with Crippen molar-refractivity contribution in [1.82, 2.24) is 9.80 Å². The molecule has 5 nitrogen and oxygen atoms in total. The average molecular weight is 338 g/mol. The first-order chi connectivity index (χ1) is 12.0. The van der Waals surface area contributed by atoms with Gasteiger partial charge < -0.3 is 10.0 Å². The molecule has 130 valence electrons. The lowest BCUT2D eigenvalue weighted by Crippen LogP contribution is -2.49. The van der Waals surface area contributed by atoms with Gasteiger partial charge in [0.2, 0.25) is 5.91 Å². The summed E-state index contributed by atoms with van der Waals surface area (Å²) in [6, 6.07) is 15.2. The van der Waals surface area contributed by atoms with Gasteiger partial charge in [-0.05, 0) is 24.1 Å².